The summed E-state index contributed by atoms with van der Waals surface area (Å²) in [4.78, 5) is 24.0. The van der Waals surface area contributed by atoms with E-state index < -0.39 is 0 Å². The van der Waals surface area contributed by atoms with Crippen LogP contribution in [-0.4, -0.2) is 43.4 Å². The standard InChI is InChI=1S/C8H15N3O2/c1-11-5-6(4-7(11)12)8(13)10-3-2-9/h6H,2-5,9H2,1H3,(H,10,13). The fourth-order valence-corrected chi connectivity index (χ4v) is 1.38. The van der Waals surface area contributed by atoms with Crippen LogP contribution in [0.25, 0.3) is 0 Å². The predicted octanol–water partition coefficient (Wildman–Crippen LogP) is -1.46. The van der Waals surface area contributed by atoms with Crippen LogP contribution in [0.5, 0.6) is 0 Å². The van der Waals surface area contributed by atoms with Crippen LogP contribution in [0.3, 0.4) is 0 Å². The van der Waals surface area contributed by atoms with Crippen LogP contribution < -0.4 is 11.1 Å². The molecule has 3 N–H and O–H groups in total. The monoisotopic (exact) mass is 185 g/mol. The van der Waals surface area contributed by atoms with Gasteiger partial charge in [0.2, 0.25) is 11.8 Å². The number of likely N-dealkylation sites (tertiary alicyclic amines) is 1. The molecule has 1 aliphatic heterocycles. The summed E-state index contributed by atoms with van der Waals surface area (Å²) in [6.45, 7) is 1.44. The molecule has 1 heterocycles. The van der Waals surface area contributed by atoms with Gasteiger partial charge in [-0.2, -0.15) is 0 Å². The second kappa shape index (κ2) is 4.23. The summed E-state index contributed by atoms with van der Waals surface area (Å²) in [5, 5.41) is 2.67. The summed E-state index contributed by atoms with van der Waals surface area (Å²) < 4.78 is 0. The molecule has 0 spiro atoms. The summed E-state index contributed by atoms with van der Waals surface area (Å²) in [6, 6.07) is 0. The lowest BCUT2D eigenvalue weighted by Gasteiger charge is -2.09. The minimum absolute atomic E-state index is 0.0351. The van der Waals surface area contributed by atoms with Crippen molar-refractivity contribution in [1.82, 2.24) is 10.2 Å². The molecule has 13 heavy (non-hydrogen) atoms. The van der Waals surface area contributed by atoms with Crippen molar-refractivity contribution in [1.29, 1.82) is 0 Å². The normalized spacial score (nSPS) is 22.2. The van der Waals surface area contributed by atoms with E-state index in [0.29, 0.717) is 26.1 Å². The van der Waals surface area contributed by atoms with E-state index in [1.807, 2.05) is 0 Å². The average Bonchev–Trinajstić information content (AvgIpc) is 2.43. The summed E-state index contributed by atoms with van der Waals surface area (Å²) in [6.07, 6.45) is 0.326. The van der Waals surface area contributed by atoms with Gasteiger partial charge < -0.3 is 16.0 Å². The first-order valence-corrected chi connectivity index (χ1v) is 4.37. The summed E-state index contributed by atoms with van der Waals surface area (Å²) >= 11 is 0. The number of hydrogen-bond donors (Lipinski definition) is 2. The lowest BCUT2D eigenvalue weighted by atomic mass is 10.1. The zero-order valence-electron chi connectivity index (χ0n) is 7.75. The van der Waals surface area contributed by atoms with Gasteiger partial charge in [-0.1, -0.05) is 0 Å². The molecular formula is C8H15N3O2. The molecule has 0 saturated carbocycles. The van der Waals surface area contributed by atoms with Crippen LogP contribution in [-0.2, 0) is 9.59 Å². The Balaban J connectivity index is 2.37. The average molecular weight is 185 g/mol. The number of nitrogens with two attached hydrogens (primary N) is 1. The number of hydrogen-bond acceptors (Lipinski definition) is 3. The molecule has 2 amide bonds. The Labute approximate surface area is 77.3 Å². The van der Waals surface area contributed by atoms with Crippen molar-refractivity contribution in [3.63, 3.8) is 0 Å². The van der Waals surface area contributed by atoms with Gasteiger partial charge in [0.05, 0.1) is 5.92 Å². The molecule has 74 valence electrons. The molecule has 1 fully saturated rings. The molecule has 5 nitrogen and oxygen atoms in total. The quantitative estimate of drug-likeness (QED) is 0.564. The van der Waals surface area contributed by atoms with Crippen LogP contribution in [0.15, 0.2) is 0 Å². The molecule has 1 aliphatic rings. The molecule has 5 heteroatoms. The largest absolute Gasteiger partial charge is 0.355 e. The van der Waals surface area contributed by atoms with Crippen molar-refractivity contribution in [2.75, 3.05) is 26.7 Å². The maximum Gasteiger partial charge on any atom is 0.225 e. The number of nitrogens with one attached hydrogen (secondary N) is 1. The van der Waals surface area contributed by atoms with Crippen molar-refractivity contribution in [2.45, 2.75) is 6.42 Å². The molecular weight excluding hydrogens is 170 g/mol. The van der Waals surface area contributed by atoms with Crippen LogP contribution in [0, 0.1) is 5.92 Å². The van der Waals surface area contributed by atoms with E-state index in [0.717, 1.165) is 0 Å². The first kappa shape index (κ1) is 9.98. The van der Waals surface area contributed by atoms with E-state index in [9.17, 15) is 9.59 Å². The molecule has 1 atom stereocenters. The first-order chi connectivity index (χ1) is 6.15. The third-order valence-corrected chi connectivity index (χ3v) is 2.16. The Hall–Kier alpha value is -1.10. The number of rotatable bonds is 3. The van der Waals surface area contributed by atoms with E-state index in [1.165, 1.54) is 0 Å². The van der Waals surface area contributed by atoms with E-state index in [2.05, 4.69) is 5.32 Å². The van der Waals surface area contributed by atoms with Crippen molar-refractivity contribution in [3.8, 4) is 0 Å². The third kappa shape index (κ3) is 2.42. The Morgan fingerprint density at radius 1 is 1.77 bits per heavy atom. The minimum atomic E-state index is -0.191. The molecule has 0 aliphatic carbocycles. The maximum atomic E-state index is 11.3. The van der Waals surface area contributed by atoms with Gasteiger partial charge >= 0.3 is 0 Å². The molecule has 0 aromatic carbocycles. The lowest BCUT2D eigenvalue weighted by molar-refractivity contribution is -0.128. The molecule has 1 saturated heterocycles. The van der Waals surface area contributed by atoms with Gasteiger partial charge in [0.15, 0.2) is 0 Å². The number of amides is 2. The maximum absolute atomic E-state index is 11.3. The van der Waals surface area contributed by atoms with Gasteiger partial charge in [-0.05, 0) is 0 Å². The van der Waals surface area contributed by atoms with Gasteiger partial charge in [-0.15, -0.1) is 0 Å². The fourth-order valence-electron chi connectivity index (χ4n) is 1.38. The first-order valence-electron chi connectivity index (χ1n) is 4.37. The topological polar surface area (TPSA) is 75.4 Å². The van der Waals surface area contributed by atoms with Gasteiger partial charge in [-0.3, -0.25) is 9.59 Å². The molecule has 0 bridgehead atoms. The zero-order valence-corrected chi connectivity index (χ0v) is 7.75. The van der Waals surface area contributed by atoms with Crippen LogP contribution in [0.1, 0.15) is 6.42 Å². The Morgan fingerprint density at radius 3 is 2.92 bits per heavy atom. The summed E-state index contributed by atoms with van der Waals surface area (Å²) in [5.74, 6) is -0.222. The predicted molar refractivity (Wildman–Crippen MR) is 47.8 cm³/mol. The van der Waals surface area contributed by atoms with Gasteiger partial charge in [-0.25, -0.2) is 0 Å². The third-order valence-electron chi connectivity index (χ3n) is 2.16. The van der Waals surface area contributed by atoms with Crippen molar-refractivity contribution in [2.24, 2.45) is 11.7 Å². The van der Waals surface area contributed by atoms with E-state index in [4.69, 9.17) is 5.73 Å². The van der Waals surface area contributed by atoms with Crippen LogP contribution in [0.2, 0.25) is 0 Å². The number of carbonyl (C=O) groups is 2. The van der Waals surface area contributed by atoms with Gasteiger partial charge in [0.1, 0.15) is 0 Å². The lowest BCUT2D eigenvalue weighted by Crippen LogP contribution is -2.35. The van der Waals surface area contributed by atoms with Crippen molar-refractivity contribution >= 4 is 11.8 Å². The molecule has 0 aromatic heterocycles. The van der Waals surface area contributed by atoms with Gasteiger partial charge in [0.25, 0.3) is 0 Å². The molecule has 0 radical (unpaired) electrons. The Kier molecular flexibility index (Phi) is 3.25. The van der Waals surface area contributed by atoms with E-state index >= 15 is 0 Å². The second-order valence-corrected chi connectivity index (χ2v) is 3.26. The summed E-state index contributed by atoms with van der Waals surface area (Å²) in [5.41, 5.74) is 5.24. The highest BCUT2D eigenvalue weighted by Gasteiger charge is 2.31. The van der Waals surface area contributed by atoms with E-state index in [1.54, 1.807) is 11.9 Å². The van der Waals surface area contributed by atoms with Gasteiger partial charge in [0, 0.05) is 33.1 Å². The number of nitrogens with zero attached hydrogens (tertiary/aromatic N) is 1. The molecule has 0 aromatic rings. The smallest absolute Gasteiger partial charge is 0.225 e. The Bertz CT molecular complexity index is 217. The SMILES string of the molecule is CN1CC(C(=O)NCCN)CC1=O. The highest BCUT2D eigenvalue weighted by Crippen LogP contribution is 2.15. The van der Waals surface area contributed by atoms with Crippen molar-refractivity contribution in [3.05, 3.63) is 0 Å². The Morgan fingerprint density at radius 2 is 2.46 bits per heavy atom. The second-order valence-electron chi connectivity index (χ2n) is 3.26. The fraction of sp³-hybridized carbons (Fsp3) is 0.750. The zero-order chi connectivity index (χ0) is 9.84. The van der Waals surface area contributed by atoms with Crippen molar-refractivity contribution < 1.29 is 9.59 Å². The van der Waals surface area contributed by atoms with Crippen LogP contribution in [0.4, 0.5) is 0 Å². The number of carbonyl (C=O) groups excluding carboxylic acids is 2. The molecule has 1 rings (SSSR count). The highest BCUT2D eigenvalue weighted by molar-refractivity contribution is 5.89. The highest BCUT2D eigenvalue weighted by atomic mass is 16.2. The molecule has 1 unspecified atom stereocenters. The van der Waals surface area contributed by atoms with Crippen LogP contribution >= 0.6 is 0 Å². The summed E-state index contributed by atoms with van der Waals surface area (Å²) in [7, 11) is 1.71. The van der Waals surface area contributed by atoms with E-state index in [-0.39, 0.29) is 17.7 Å². The minimum Gasteiger partial charge on any atom is -0.355 e.